The summed E-state index contributed by atoms with van der Waals surface area (Å²) in [6.45, 7) is 5.83. The number of nitrogens with one attached hydrogen (secondary N) is 1. The minimum atomic E-state index is -0.686. The molecule has 156 valence electrons. The summed E-state index contributed by atoms with van der Waals surface area (Å²) >= 11 is 18.8. The van der Waals surface area contributed by atoms with Crippen LogP contribution in [0.5, 0.6) is 0 Å². The number of hydrogen-bond acceptors (Lipinski definition) is 2. The molecule has 7 heteroatoms. The van der Waals surface area contributed by atoms with Crippen molar-refractivity contribution in [1.29, 1.82) is 0 Å². The molecule has 2 aromatic carbocycles. The maximum absolute atomic E-state index is 13.2. The van der Waals surface area contributed by atoms with E-state index in [2.05, 4.69) is 5.32 Å². The van der Waals surface area contributed by atoms with Gasteiger partial charge in [-0.2, -0.15) is 0 Å². The van der Waals surface area contributed by atoms with Crippen LogP contribution in [-0.4, -0.2) is 28.8 Å². The Bertz CT molecular complexity index is 853. The van der Waals surface area contributed by atoms with Crippen molar-refractivity contribution in [3.05, 3.63) is 68.7 Å². The summed E-state index contributed by atoms with van der Waals surface area (Å²) in [5.41, 5.74) is 1.30. The second-order valence-electron chi connectivity index (χ2n) is 6.98. The van der Waals surface area contributed by atoms with Crippen LogP contribution < -0.4 is 5.32 Å². The molecule has 0 unspecified atom stereocenters. The molecule has 0 aliphatic heterocycles. The van der Waals surface area contributed by atoms with E-state index in [-0.39, 0.29) is 30.8 Å². The van der Waals surface area contributed by atoms with Gasteiger partial charge in [0.05, 0.1) is 6.42 Å². The summed E-state index contributed by atoms with van der Waals surface area (Å²) in [7, 11) is 0. The van der Waals surface area contributed by atoms with Gasteiger partial charge in [-0.3, -0.25) is 9.59 Å². The van der Waals surface area contributed by atoms with Gasteiger partial charge in [-0.25, -0.2) is 0 Å². The first-order valence-electron chi connectivity index (χ1n) is 9.50. The number of halogens is 3. The van der Waals surface area contributed by atoms with Crippen molar-refractivity contribution >= 4 is 46.6 Å². The fourth-order valence-electron chi connectivity index (χ4n) is 2.81. The first-order valence-corrected chi connectivity index (χ1v) is 10.6. The average molecular weight is 456 g/mol. The third-order valence-corrected chi connectivity index (χ3v) is 5.93. The van der Waals surface area contributed by atoms with E-state index in [0.717, 1.165) is 12.0 Å². The fourth-order valence-corrected chi connectivity index (χ4v) is 3.54. The van der Waals surface area contributed by atoms with Crippen molar-refractivity contribution in [3.63, 3.8) is 0 Å². The third-order valence-electron chi connectivity index (χ3n) is 4.86. The number of carbonyl (C=O) groups excluding carboxylic acids is 2. The Hall–Kier alpha value is -1.75. The van der Waals surface area contributed by atoms with Crippen LogP contribution >= 0.6 is 34.8 Å². The SMILES string of the molecule is CC[C@@H](C)NC(=O)[C@@H](C)N(Cc1ccccc1Cl)C(=O)Cc1c(Cl)cccc1Cl. The molecule has 0 spiro atoms. The molecular weight excluding hydrogens is 431 g/mol. The van der Waals surface area contributed by atoms with Crippen molar-refractivity contribution in [2.75, 3.05) is 0 Å². The third kappa shape index (κ3) is 6.36. The zero-order valence-corrected chi connectivity index (χ0v) is 19.0. The van der Waals surface area contributed by atoms with Crippen molar-refractivity contribution < 1.29 is 9.59 Å². The van der Waals surface area contributed by atoms with Gasteiger partial charge in [0.2, 0.25) is 11.8 Å². The molecule has 2 atom stereocenters. The average Bonchev–Trinajstić information content (AvgIpc) is 2.69. The van der Waals surface area contributed by atoms with Gasteiger partial charge < -0.3 is 10.2 Å². The number of nitrogens with zero attached hydrogens (tertiary/aromatic N) is 1. The molecule has 0 radical (unpaired) electrons. The van der Waals surface area contributed by atoms with Crippen LogP contribution in [0.15, 0.2) is 42.5 Å². The summed E-state index contributed by atoms with van der Waals surface area (Å²) in [6, 6.07) is 11.7. The number of rotatable bonds is 8. The Morgan fingerprint density at radius 2 is 1.55 bits per heavy atom. The summed E-state index contributed by atoms with van der Waals surface area (Å²) in [5, 5.41) is 4.31. The van der Waals surface area contributed by atoms with Crippen LogP contribution in [0, 0.1) is 0 Å². The van der Waals surface area contributed by atoms with Crippen LogP contribution in [0.3, 0.4) is 0 Å². The van der Waals surface area contributed by atoms with Gasteiger partial charge >= 0.3 is 0 Å². The molecule has 4 nitrogen and oxygen atoms in total. The summed E-state index contributed by atoms with van der Waals surface area (Å²) < 4.78 is 0. The van der Waals surface area contributed by atoms with Crippen LogP contribution in [0.4, 0.5) is 0 Å². The normalized spacial score (nSPS) is 12.9. The van der Waals surface area contributed by atoms with Crippen molar-refractivity contribution in [2.45, 2.75) is 52.2 Å². The highest BCUT2D eigenvalue weighted by molar-refractivity contribution is 6.36. The monoisotopic (exact) mass is 454 g/mol. The molecule has 0 aromatic heterocycles. The zero-order chi connectivity index (χ0) is 21.6. The maximum Gasteiger partial charge on any atom is 0.242 e. The second-order valence-corrected chi connectivity index (χ2v) is 8.21. The van der Waals surface area contributed by atoms with Crippen molar-refractivity contribution in [3.8, 4) is 0 Å². The minimum Gasteiger partial charge on any atom is -0.352 e. The highest BCUT2D eigenvalue weighted by Crippen LogP contribution is 2.26. The van der Waals surface area contributed by atoms with Crippen molar-refractivity contribution in [1.82, 2.24) is 10.2 Å². The van der Waals surface area contributed by atoms with Gasteiger partial charge in [-0.05, 0) is 49.6 Å². The fraction of sp³-hybridized carbons (Fsp3) is 0.364. The highest BCUT2D eigenvalue weighted by Gasteiger charge is 2.28. The maximum atomic E-state index is 13.2. The molecule has 2 aromatic rings. The standard InChI is InChI=1S/C22H25Cl3N2O2/c1-4-14(2)26-22(29)15(3)27(13-16-8-5-6-9-18(16)23)21(28)12-17-19(24)10-7-11-20(17)25/h5-11,14-15H,4,12-13H2,1-3H3,(H,26,29)/t14-,15-/m1/s1. The first kappa shape index (κ1) is 23.5. The van der Waals surface area contributed by atoms with E-state index in [9.17, 15) is 9.59 Å². The van der Waals surface area contributed by atoms with Crippen LogP contribution in [0.1, 0.15) is 38.3 Å². The Balaban J connectivity index is 2.31. The smallest absolute Gasteiger partial charge is 0.242 e. The first-order chi connectivity index (χ1) is 13.7. The van der Waals surface area contributed by atoms with E-state index in [4.69, 9.17) is 34.8 Å². The molecule has 0 fully saturated rings. The van der Waals surface area contributed by atoms with Gasteiger partial charge in [-0.1, -0.05) is 66.0 Å². The second kappa shape index (κ2) is 10.9. The van der Waals surface area contributed by atoms with E-state index >= 15 is 0 Å². The Morgan fingerprint density at radius 1 is 0.966 bits per heavy atom. The van der Waals surface area contributed by atoms with E-state index in [1.807, 2.05) is 32.0 Å². The molecular formula is C22H25Cl3N2O2. The van der Waals surface area contributed by atoms with Crippen LogP contribution in [-0.2, 0) is 22.6 Å². The predicted octanol–water partition coefficient (Wildman–Crippen LogP) is 5.52. The largest absolute Gasteiger partial charge is 0.352 e. The van der Waals surface area contributed by atoms with Gasteiger partial charge in [0.1, 0.15) is 6.04 Å². The Labute approximate surface area is 187 Å². The number of benzene rings is 2. The van der Waals surface area contributed by atoms with E-state index in [1.165, 1.54) is 4.90 Å². The number of amides is 2. The van der Waals surface area contributed by atoms with E-state index < -0.39 is 6.04 Å². The molecule has 0 saturated carbocycles. The molecule has 29 heavy (non-hydrogen) atoms. The quantitative estimate of drug-likeness (QED) is 0.569. The summed E-state index contributed by atoms with van der Waals surface area (Å²) in [5.74, 6) is -0.475. The van der Waals surface area contributed by atoms with Gasteiger partial charge in [0, 0.05) is 27.7 Å². The Kier molecular flexibility index (Phi) is 8.81. The molecule has 0 aliphatic carbocycles. The lowest BCUT2D eigenvalue weighted by Gasteiger charge is -2.30. The zero-order valence-electron chi connectivity index (χ0n) is 16.7. The van der Waals surface area contributed by atoms with Gasteiger partial charge in [0.25, 0.3) is 0 Å². The summed E-state index contributed by atoms with van der Waals surface area (Å²) in [6.07, 6.45) is 0.788. The van der Waals surface area contributed by atoms with Crippen molar-refractivity contribution in [2.24, 2.45) is 0 Å². The molecule has 1 N–H and O–H groups in total. The Morgan fingerprint density at radius 3 is 2.14 bits per heavy atom. The van der Waals surface area contributed by atoms with Gasteiger partial charge in [0.15, 0.2) is 0 Å². The predicted molar refractivity (Wildman–Crippen MR) is 120 cm³/mol. The van der Waals surface area contributed by atoms with Gasteiger partial charge in [-0.15, -0.1) is 0 Å². The molecule has 0 aliphatic rings. The lowest BCUT2D eigenvalue weighted by atomic mass is 10.1. The van der Waals surface area contributed by atoms with Crippen LogP contribution in [0.2, 0.25) is 15.1 Å². The molecule has 0 saturated heterocycles. The molecule has 0 heterocycles. The topological polar surface area (TPSA) is 49.4 Å². The lowest BCUT2D eigenvalue weighted by Crippen LogP contribution is -2.50. The molecule has 2 amide bonds. The number of hydrogen-bond donors (Lipinski definition) is 1. The highest BCUT2D eigenvalue weighted by atomic mass is 35.5. The van der Waals surface area contributed by atoms with Crippen LogP contribution in [0.25, 0.3) is 0 Å². The van der Waals surface area contributed by atoms with E-state index in [1.54, 1.807) is 31.2 Å². The number of carbonyl (C=O) groups is 2. The summed E-state index contributed by atoms with van der Waals surface area (Å²) in [4.78, 5) is 27.5. The molecule has 0 bridgehead atoms. The minimum absolute atomic E-state index is 0.0100. The van der Waals surface area contributed by atoms with E-state index in [0.29, 0.717) is 20.6 Å². The molecule has 2 rings (SSSR count). The lowest BCUT2D eigenvalue weighted by molar-refractivity contribution is -0.140.